The summed E-state index contributed by atoms with van der Waals surface area (Å²) in [6.07, 6.45) is 6.65. The number of hydrogen-bond donors (Lipinski definition) is 2. The first-order chi connectivity index (χ1) is 21.4. The summed E-state index contributed by atoms with van der Waals surface area (Å²) in [5.74, 6) is 0.576. The molecule has 0 saturated carbocycles. The third-order valence-corrected chi connectivity index (χ3v) is 7.24. The van der Waals surface area contributed by atoms with Crippen molar-refractivity contribution in [3.05, 3.63) is 64.7 Å². The number of nitrogens with one attached hydrogen (secondary N) is 1. The molecule has 10 heteroatoms. The Hall–Kier alpha value is -3.44. The van der Waals surface area contributed by atoms with E-state index in [0.717, 1.165) is 53.9 Å². The highest BCUT2D eigenvalue weighted by atomic mass is 32.2. The monoisotopic (exact) mass is 637 g/mol. The van der Waals surface area contributed by atoms with Gasteiger partial charge in [-0.15, -0.1) is 0 Å². The van der Waals surface area contributed by atoms with Crippen molar-refractivity contribution in [1.82, 2.24) is 9.29 Å². The number of methoxy groups -OCH3 is 1. The average Bonchev–Trinajstić information content (AvgIpc) is 3.30. The predicted octanol–water partition coefficient (Wildman–Crippen LogP) is 6.29. The van der Waals surface area contributed by atoms with Crippen LogP contribution in [-0.2, 0) is 27.2 Å². The number of aliphatic imine (C=N–C) groups is 2. The number of carbonyl (C=O) groups excluding carboxylic acids is 1. The summed E-state index contributed by atoms with van der Waals surface area (Å²) in [5, 5.41) is 9.71. The smallest absolute Gasteiger partial charge is 0.155 e. The maximum Gasteiger partial charge on any atom is 0.155 e. The summed E-state index contributed by atoms with van der Waals surface area (Å²) < 4.78 is 15.6. The van der Waals surface area contributed by atoms with Crippen LogP contribution in [0.1, 0.15) is 43.2 Å². The van der Waals surface area contributed by atoms with Crippen molar-refractivity contribution in [1.29, 1.82) is 0 Å². The molecule has 0 atom stereocenters. The summed E-state index contributed by atoms with van der Waals surface area (Å²) >= 11 is 1.55. The van der Waals surface area contributed by atoms with Crippen LogP contribution in [0.2, 0.25) is 0 Å². The number of nitrogens with zero attached hydrogens (tertiary/aromatic N) is 4. The van der Waals surface area contributed by atoms with Gasteiger partial charge in [0.05, 0.1) is 29.2 Å². The van der Waals surface area contributed by atoms with Gasteiger partial charge >= 0.3 is 0 Å². The van der Waals surface area contributed by atoms with Crippen LogP contribution >= 0.6 is 11.9 Å². The van der Waals surface area contributed by atoms with Crippen LogP contribution in [0.15, 0.2) is 52.3 Å². The van der Waals surface area contributed by atoms with Gasteiger partial charge in [-0.2, -0.15) is 0 Å². The van der Waals surface area contributed by atoms with E-state index in [4.69, 9.17) is 14.8 Å². The van der Waals surface area contributed by atoms with Crippen LogP contribution in [-0.4, -0.2) is 81.3 Å². The Bertz CT molecular complexity index is 1450. The lowest BCUT2D eigenvalue weighted by atomic mass is 9.88. The number of benzene rings is 2. The van der Waals surface area contributed by atoms with E-state index in [1.807, 2.05) is 6.26 Å². The van der Waals surface area contributed by atoms with E-state index >= 15 is 0 Å². The topological polar surface area (TPSA) is 101 Å². The maximum absolute atomic E-state index is 11.8. The maximum atomic E-state index is 11.8. The molecule has 0 aliphatic carbocycles. The van der Waals surface area contributed by atoms with Crippen LogP contribution < -0.4 is 9.62 Å². The number of aryl methyl sites for hydroxylation is 2. The zero-order valence-electron chi connectivity index (χ0n) is 28.4. The molecule has 0 unspecified atom stereocenters. The summed E-state index contributed by atoms with van der Waals surface area (Å²) in [5.41, 5.74) is 8.82. The second-order valence-corrected chi connectivity index (χ2v) is 12.4. The number of hydrogen-bond acceptors (Lipinski definition) is 9. The van der Waals surface area contributed by atoms with E-state index in [0.29, 0.717) is 25.5 Å². The lowest BCUT2D eigenvalue weighted by Crippen LogP contribution is -2.33. The minimum absolute atomic E-state index is 0.370. The van der Waals surface area contributed by atoms with Gasteiger partial charge in [-0.1, -0.05) is 41.8 Å². The molecule has 2 heterocycles. The Kier molecular flexibility index (Phi) is 15.5. The number of aromatic nitrogens is 1. The first kappa shape index (κ1) is 37.7. The van der Waals surface area contributed by atoms with E-state index in [9.17, 15) is 4.79 Å². The quantitative estimate of drug-likeness (QED) is 0.0792. The summed E-state index contributed by atoms with van der Waals surface area (Å²) in [7, 11) is 3.25. The highest BCUT2D eigenvalue weighted by Gasteiger charge is 2.27. The number of ether oxygens (including phenoxy) is 2. The first-order valence-corrected chi connectivity index (χ1v) is 16.2. The Morgan fingerprint density at radius 3 is 2.38 bits per heavy atom. The van der Waals surface area contributed by atoms with Crippen molar-refractivity contribution in [2.24, 2.45) is 9.98 Å². The Morgan fingerprint density at radius 2 is 1.80 bits per heavy atom. The summed E-state index contributed by atoms with van der Waals surface area (Å²) in [6.45, 7) is 18.6. The normalized spacial score (nSPS) is 12.8. The number of allylic oxidation sites excluding steroid dienone is 1. The zero-order valence-corrected chi connectivity index (χ0v) is 29.3. The van der Waals surface area contributed by atoms with Gasteiger partial charge in [-0.25, -0.2) is 0 Å². The van der Waals surface area contributed by atoms with E-state index in [2.05, 4.69) is 81.7 Å². The zero-order chi connectivity index (χ0) is 33.6. The van der Waals surface area contributed by atoms with Crippen LogP contribution in [0.3, 0.4) is 0 Å². The van der Waals surface area contributed by atoms with Crippen molar-refractivity contribution in [2.75, 3.05) is 51.7 Å². The molecule has 246 valence electrons. The highest BCUT2D eigenvalue weighted by Crippen LogP contribution is 2.44. The number of rotatable bonds is 12. The van der Waals surface area contributed by atoms with Crippen molar-refractivity contribution in [2.45, 2.75) is 60.1 Å². The molecular formula is C35H51N5O4S. The Morgan fingerprint density at radius 1 is 1.16 bits per heavy atom. The van der Waals surface area contributed by atoms with Crippen molar-refractivity contribution in [3.63, 3.8) is 0 Å². The third kappa shape index (κ3) is 11.1. The fourth-order valence-electron chi connectivity index (χ4n) is 5.07. The van der Waals surface area contributed by atoms with E-state index in [1.54, 1.807) is 59.4 Å². The molecule has 0 amide bonds. The van der Waals surface area contributed by atoms with Crippen LogP contribution in [0.25, 0.3) is 22.0 Å². The van der Waals surface area contributed by atoms with Crippen molar-refractivity contribution < 1.29 is 19.4 Å². The molecule has 1 aliphatic heterocycles. The fourth-order valence-corrected chi connectivity index (χ4v) is 5.36. The minimum Gasteiger partial charge on any atom is -0.489 e. The molecule has 0 saturated heterocycles. The molecule has 0 spiro atoms. The molecule has 2 N–H and O–H groups in total. The molecule has 0 radical (unpaired) electrons. The fraction of sp³-hybridized carbons (Fsp3) is 0.457. The molecule has 2 aromatic carbocycles. The van der Waals surface area contributed by atoms with Crippen molar-refractivity contribution in [3.8, 4) is 11.1 Å². The van der Waals surface area contributed by atoms with Gasteiger partial charge in [0.2, 0.25) is 0 Å². The van der Waals surface area contributed by atoms with Gasteiger partial charge in [-0.05, 0) is 82.8 Å². The SMILES string of the molecule is C=N/C=C(\C=N/CN1CCn2c(C)cc3c(-c4ccc(C)cc4)c(CC=O)c(C)c1c32)OCCNSC.CC(C)(C)O.COC. The lowest BCUT2D eigenvalue weighted by molar-refractivity contribution is -0.107. The molecule has 1 aromatic heterocycles. The minimum atomic E-state index is -0.500. The van der Waals surface area contributed by atoms with E-state index in [-0.39, 0.29) is 0 Å². The molecule has 1 aliphatic rings. The largest absolute Gasteiger partial charge is 0.489 e. The van der Waals surface area contributed by atoms with Gasteiger partial charge < -0.3 is 28.8 Å². The van der Waals surface area contributed by atoms with Crippen LogP contribution in [0.4, 0.5) is 5.69 Å². The molecule has 0 fully saturated rings. The van der Waals surface area contributed by atoms with Gasteiger partial charge in [0, 0.05) is 51.4 Å². The van der Waals surface area contributed by atoms with Crippen LogP contribution in [0, 0.1) is 20.8 Å². The number of aliphatic hydroxyl groups is 1. The lowest BCUT2D eigenvalue weighted by Gasteiger charge is -2.33. The molecule has 0 bridgehead atoms. The third-order valence-electron chi connectivity index (χ3n) is 6.75. The predicted molar refractivity (Wildman–Crippen MR) is 192 cm³/mol. The second kappa shape index (κ2) is 18.5. The molecular weight excluding hydrogens is 586 g/mol. The molecule has 4 rings (SSSR count). The van der Waals surface area contributed by atoms with Gasteiger partial charge in [0.25, 0.3) is 0 Å². The van der Waals surface area contributed by atoms with Crippen molar-refractivity contribution >= 4 is 47.8 Å². The number of aldehydes is 1. The Labute approximate surface area is 273 Å². The first-order valence-electron chi connectivity index (χ1n) is 15.0. The Balaban J connectivity index is 0.000000789. The summed E-state index contributed by atoms with van der Waals surface area (Å²) in [4.78, 5) is 22.7. The molecule has 45 heavy (non-hydrogen) atoms. The standard InChI is InChI=1S/C29H35N5O2S.C4H10O.C2H6O/c1-20-6-8-23(9-7-20)27-25(10-14-35)22(3)28-29-26(27)16-21(2)34(29)13-12-33(28)19-31-18-24(17-30-4)36-15-11-32-37-5;1-4(2,3)5;1-3-2/h6-9,14,16-18,32H,4,10-13,15,19H2,1-3,5H3;5H,1-3H3;1-2H3/b24-17+,31-18-;;. The number of anilines is 1. The molecule has 9 nitrogen and oxygen atoms in total. The van der Waals surface area contributed by atoms with Crippen LogP contribution in [0.5, 0.6) is 0 Å². The summed E-state index contributed by atoms with van der Waals surface area (Å²) in [6, 6.07) is 10.9. The average molecular weight is 638 g/mol. The van der Waals surface area contributed by atoms with Gasteiger partial charge in [-0.3, -0.25) is 14.7 Å². The second-order valence-electron chi connectivity index (χ2n) is 11.7. The van der Waals surface area contributed by atoms with E-state index in [1.165, 1.54) is 22.2 Å². The number of carbonyl (C=O) groups is 1. The highest BCUT2D eigenvalue weighted by molar-refractivity contribution is 7.96. The van der Waals surface area contributed by atoms with Gasteiger partial charge in [0.15, 0.2) is 5.76 Å². The van der Waals surface area contributed by atoms with Gasteiger partial charge in [0.1, 0.15) is 19.6 Å². The van der Waals surface area contributed by atoms with E-state index < -0.39 is 5.60 Å². The molecule has 3 aromatic rings.